The molecule has 0 bridgehead atoms. The van der Waals surface area contributed by atoms with Crippen molar-refractivity contribution < 1.29 is 4.39 Å². The van der Waals surface area contributed by atoms with Gasteiger partial charge in [0.1, 0.15) is 0 Å². The van der Waals surface area contributed by atoms with Crippen molar-refractivity contribution in [3.63, 3.8) is 0 Å². The molecule has 5 heteroatoms. The highest BCUT2D eigenvalue weighted by Gasteiger charge is 2.08. The maximum atomic E-state index is 13.4. The van der Waals surface area contributed by atoms with Gasteiger partial charge >= 0.3 is 0 Å². The lowest BCUT2D eigenvalue weighted by Crippen LogP contribution is -2.00. The summed E-state index contributed by atoms with van der Waals surface area (Å²) in [5.74, 6) is -0.597. The first-order valence-corrected chi connectivity index (χ1v) is 7.11. The molecule has 0 amide bonds. The fraction of sp³-hybridized carbons (Fsp3) is 0.0625. The molecule has 3 aromatic rings. The molecule has 0 radical (unpaired) electrons. The molecule has 3 rings (SSSR count). The molecule has 0 fully saturated rings. The van der Waals surface area contributed by atoms with E-state index in [0.29, 0.717) is 12.2 Å². The summed E-state index contributed by atoms with van der Waals surface area (Å²) in [5.41, 5.74) is 1.80. The lowest BCUT2D eigenvalue weighted by Gasteiger charge is -2.10. The van der Waals surface area contributed by atoms with Crippen molar-refractivity contribution in [1.82, 2.24) is 4.98 Å². The van der Waals surface area contributed by atoms with Crippen molar-refractivity contribution in [2.45, 2.75) is 6.54 Å². The van der Waals surface area contributed by atoms with E-state index in [1.165, 1.54) is 12.1 Å². The predicted molar refractivity (Wildman–Crippen MR) is 85.5 cm³/mol. The molecule has 2 nitrogen and oxygen atoms in total. The van der Waals surface area contributed by atoms with Crippen LogP contribution in [0.2, 0.25) is 10.0 Å². The first-order valence-electron chi connectivity index (χ1n) is 6.35. The van der Waals surface area contributed by atoms with Crippen LogP contribution >= 0.6 is 23.2 Å². The van der Waals surface area contributed by atoms with Gasteiger partial charge in [-0.2, -0.15) is 0 Å². The van der Waals surface area contributed by atoms with E-state index in [-0.39, 0.29) is 10.0 Å². The van der Waals surface area contributed by atoms with E-state index in [1.54, 1.807) is 6.20 Å². The summed E-state index contributed by atoms with van der Waals surface area (Å²) in [5, 5.41) is 5.42. The molecule has 0 saturated carbocycles. The number of hydrogen-bond donors (Lipinski definition) is 1. The van der Waals surface area contributed by atoms with Crippen molar-refractivity contribution in [2.75, 3.05) is 5.32 Å². The highest BCUT2D eigenvalue weighted by atomic mass is 35.5. The van der Waals surface area contributed by atoms with Crippen LogP contribution in [0, 0.1) is 5.82 Å². The van der Waals surface area contributed by atoms with Crippen LogP contribution in [0.15, 0.2) is 48.8 Å². The number of aromatic nitrogens is 1. The summed E-state index contributed by atoms with van der Waals surface area (Å²) in [6, 6.07) is 11.0. The second-order valence-electron chi connectivity index (χ2n) is 4.62. The Morgan fingerprint density at radius 3 is 2.62 bits per heavy atom. The number of pyridine rings is 1. The van der Waals surface area contributed by atoms with Gasteiger partial charge in [-0.1, -0.05) is 41.4 Å². The van der Waals surface area contributed by atoms with E-state index in [9.17, 15) is 4.39 Å². The summed E-state index contributed by atoms with van der Waals surface area (Å²) in [4.78, 5) is 4.11. The van der Waals surface area contributed by atoms with Crippen LogP contribution in [0.1, 0.15) is 5.56 Å². The minimum Gasteiger partial charge on any atom is -0.381 e. The van der Waals surface area contributed by atoms with Gasteiger partial charge in [0, 0.05) is 30.0 Å². The van der Waals surface area contributed by atoms with Crippen molar-refractivity contribution in [2.24, 2.45) is 0 Å². The summed E-state index contributed by atoms with van der Waals surface area (Å²) >= 11 is 11.6. The second-order valence-corrected chi connectivity index (χ2v) is 5.44. The number of anilines is 1. The van der Waals surface area contributed by atoms with Crippen LogP contribution in [-0.4, -0.2) is 4.98 Å². The maximum absolute atomic E-state index is 13.4. The normalized spacial score (nSPS) is 10.8. The van der Waals surface area contributed by atoms with Crippen molar-refractivity contribution >= 4 is 39.7 Å². The molecule has 1 N–H and O–H groups in total. The Hall–Kier alpha value is -1.84. The zero-order valence-corrected chi connectivity index (χ0v) is 12.4. The molecule has 21 heavy (non-hydrogen) atoms. The van der Waals surface area contributed by atoms with Crippen LogP contribution in [0.4, 0.5) is 10.1 Å². The minimum absolute atomic E-state index is 0.00659. The standard InChI is InChI=1S/C16H11Cl2FN2/c17-14-6-12(7-15(18)16(14)19)21-9-11-3-1-2-10-8-20-5-4-13(10)11/h1-8,21H,9H2. The number of hydrogen-bond acceptors (Lipinski definition) is 2. The molecule has 0 unspecified atom stereocenters. The molecule has 106 valence electrons. The number of benzene rings is 2. The average molecular weight is 321 g/mol. The Labute approximate surface area is 131 Å². The molecule has 1 aromatic heterocycles. The lowest BCUT2D eigenvalue weighted by molar-refractivity contribution is 0.629. The van der Waals surface area contributed by atoms with Crippen LogP contribution < -0.4 is 5.32 Å². The third kappa shape index (κ3) is 2.94. The fourth-order valence-corrected chi connectivity index (χ4v) is 2.69. The zero-order valence-electron chi connectivity index (χ0n) is 10.9. The van der Waals surface area contributed by atoms with Gasteiger partial charge in [-0.15, -0.1) is 0 Å². The molecular formula is C16H11Cl2FN2. The molecule has 0 atom stereocenters. The highest BCUT2D eigenvalue weighted by Crippen LogP contribution is 2.28. The van der Waals surface area contributed by atoms with Gasteiger partial charge in [0.05, 0.1) is 10.0 Å². The first-order chi connectivity index (χ1) is 10.1. The Morgan fingerprint density at radius 1 is 1.10 bits per heavy atom. The van der Waals surface area contributed by atoms with E-state index in [4.69, 9.17) is 23.2 Å². The molecule has 2 aromatic carbocycles. The number of rotatable bonds is 3. The Morgan fingerprint density at radius 2 is 1.86 bits per heavy atom. The molecular weight excluding hydrogens is 310 g/mol. The average Bonchev–Trinajstić information content (AvgIpc) is 2.50. The van der Waals surface area contributed by atoms with Gasteiger partial charge < -0.3 is 5.32 Å². The fourth-order valence-electron chi connectivity index (χ4n) is 2.20. The lowest BCUT2D eigenvalue weighted by atomic mass is 10.1. The van der Waals surface area contributed by atoms with Gasteiger partial charge in [0.25, 0.3) is 0 Å². The van der Waals surface area contributed by atoms with Gasteiger partial charge in [0.15, 0.2) is 5.82 Å². The molecule has 0 aliphatic heterocycles. The van der Waals surface area contributed by atoms with E-state index in [1.807, 2.05) is 30.5 Å². The second kappa shape index (κ2) is 5.88. The molecule has 0 spiro atoms. The highest BCUT2D eigenvalue weighted by molar-refractivity contribution is 6.35. The monoisotopic (exact) mass is 320 g/mol. The molecule has 0 aliphatic carbocycles. The third-order valence-electron chi connectivity index (χ3n) is 3.24. The van der Waals surface area contributed by atoms with Crippen LogP contribution in [0.5, 0.6) is 0 Å². The van der Waals surface area contributed by atoms with E-state index in [2.05, 4.69) is 10.3 Å². The number of nitrogens with one attached hydrogen (secondary N) is 1. The largest absolute Gasteiger partial charge is 0.381 e. The topological polar surface area (TPSA) is 24.9 Å². The van der Waals surface area contributed by atoms with E-state index in [0.717, 1.165) is 16.3 Å². The Kier molecular flexibility index (Phi) is 3.95. The van der Waals surface area contributed by atoms with Crippen molar-refractivity contribution in [3.05, 3.63) is 70.2 Å². The molecule has 0 saturated heterocycles. The summed E-state index contributed by atoms with van der Waals surface area (Å²) < 4.78 is 13.4. The van der Waals surface area contributed by atoms with Crippen molar-refractivity contribution in [3.8, 4) is 0 Å². The predicted octanol–water partition coefficient (Wildman–Crippen LogP) is 5.29. The van der Waals surface area contributed by atoms with Gasteiger partial charge in [0.2, 0.25) is 0 Å². The van der Waals surface area contributed by atoms with Gasteiger partial charge in [-0.25, -0.2) is 4.39 Å². The third-order valence-corrected chi connectivity index (χ3v) is 3.79. The zero-order chi connectivity index (χ0) is 14.8. The SMILES string of the molecule is Fc1c(Cl)cc(NCc2cccc3cnccc23)cc1Cl. The summed E-state index contributed by atoms with van der Waals surface area (Å²) in [6.45, 7) is 0.583. The van der Waals surface area contributed by atoms with Crippen LogP contribution in [0.3, 0.4) is 0 Å². The first kappa shape index (κ1) is 14.1. The van der Waals surface area contributed by atoms with Crippen LogP contribution in [-0.2, 0) is 6.54 Å². The minimum atomic E-state index is -0.597. The number of fused-ring (bicyclic) bond motifs is 1. The summed E-state index contributed by atoms with van der Waals surface area (Å²) in [6.07, 6.45) is 3.59. The van der Waals surface area contributed by atoms with E-state index >= 15 is 0 Å². The maximum Gasteiger partial charge on any atom is 0.160 e. The number of nitrogens with zero attached hydrogens (tertiary/aromatic N) is 1. The van der Waals surface area contributed by atoms with Gasteiger partial charge in [-0.3, -0.25) is 4.98 Å². The quantitative estimate of drug-likeness (QED) is 0.663. The van der Waals surface area contributed by atoms with E-state index < -0.39 is 5.82 Å². The summed E-state index contributed by atoms with van der Waals surface area (Å²) in [7, 11) is 0. The number of halogens is 3. The smallest absolute Gasteiger partial charge is 0.160 e. The Bertz CT molecular complexity index is 777. The van der Waals surface area contributed by atoms with Crippen LogP contribution in [0.25, 0.3) is 10.8 Å². The van der Waals surface area contributed by atoms with Crippen molar-refractivity contribution in [1.29, 1.82) is 0 Å². The molecule has 1 heterocycles. The Balaban J connectivity index is 1.87. The molecule has 0 aliphatic rings. The van der Waals surface area contributed by atoms with Gasteiger partial charge in [-0.05, 0) is 29.1 Å².